The lowest BCUT2D eigenvalue weighted by molar-refractivity contribution is -0.142. The van der Waals surface area contributed by atoms with E-state index in [1.165, 1.54) is 0 Å². The molecule has 0 bridgehead atoms. The molecule has 5 nitrogen and oxygen atoms in total. The van der Waals surface area contributed by atoms with E-state index in [1.54, 1.807) is 0 Å². The van der Waals surface area contributed by atoms with Crippen molar-refractivity contribution in [3.8, 4) is 6.07 Å². The predicted molar refractivity (Wildman–Crippen MR) is 43.5 cm³/mol. The summed E-state index contributed by atoms with van der Waals surface area (Å²) in [6, 6.07) is 0.973. The normalized spacial score (nSPS) is 34.4. The second-order valence-corrected chi connectivity index (χ2v) is 3.61. The molecule has 0 aromatic carbocycles. The molecule has 72 valence electrons. The molecular weight excluding hydrogens is 172 g/mol. The number of carboxylic acids is 1. The molecule has 0 aliphatic heterocycles. The van der Waals surface area contributed by atoms with Crippen LogP contribution in [0.1, 0.15) is 19.3 Å². The molecule has 0 unspecified atom stereocenters. The van der Waals surface area contributed by atoms with Crippen molar-refractivity contribution in [2.24, 2.45) is 11.7 Å². The molecule has 4 N–H and O–H groups in total. The molecule has 1 fully saturated rings. The summed E-state index contributed by atoms with van der Waals surface area (Å²) in [6.45, 7) is 0. The molecule has 5 heteroatoms. The summed E-state index contributed by atoms with van der Waals surface area (Å²) in [6.07, 6.45) is 0.704. The number of nitrogens with zero attached hydrogens (tertiary/aromatic N) is 1. The first-order valence-corrected chi connectivity index (χ1v) is 4.07. The summed E-state index contributed by atoms with van der Waals surface area (Å²) in [5.74, 6) is -1.26. The van der Waals surface area contributed by atoms with Crippen LogP contribution in [0.15, 0.2) is 0 Å². The second-order valence-electron chi connectivity index (χ2n) is 3.61. The Bertz CT molecular complexity index is 253. The van der Waals surface area contributed by atoms with E-state index in [0.717, 1.165) is 0 Å². The zero-order chi connectivity index (χ0) is 10.1. The largest absolute Gasteiger partial charge is 0.480 e. The molecule has 1 rings (SSSR count). The van der Waals surface area contributed by atoms with Crippen molar-refractivity contribution < 1.29 is 15.0 Å². The number of nitrogens with two attached hydrogens (primary N) is 1. The number of carbonyl (C=O) groups is 1. The minimum absolute atomic E-state index is 0.0283. The summed E-state index contributed by atoms with van der Waals surface area (Å²) in [5.41, 5.74) is 4.23. The highest BCUT2D eigenvalue weighted by molar-refractivity contribution is 5.73. The van der Waals surface area contributed by atoms with Gasteiger partial charge in [0.05, 0.1) is 17.6 Å². The van der Waals surface area contributed by atoms with Crippen molar-refractivity contribution in [1.29, 1.82) is 5.26 Å². The Balaban J connectivity index is 2.39. The van der Waals surface area contributed by atoms with E-state index in [9.17, 15) is 9.90 Å². The number of nitriles is 1. The van der Waals surface area contributed by atoms with E-state index >= 15 is 0 Å². The topological polar surface area (TPSA) is 107 Å². The van der Waals surface area contributed by atoms with E-state index in [-0.39, 0.29) is 12.3 Å². The highest BCUT2D eigenvalue weighted by Crippen LogP contribution is 2.40. The van der Waals surface area contributed by atoms with Crippen LogP contribution in [0.2, 0.25) is 0 Å². The first-order chi connectivity index (χ1) is 5.97. The van der Waals surface area contributed by atoms with Gasteiger partial charge >= 0.3 is 5.97 Å². The van der Waals surface area contributed by atoms with Gasteiger partial charge in [-0.1, -0.05) is 0 Å². The van der Waals surface area contributed by atoms with Gasteiger partial charge in [-0.25, -0.2) is 0 Å². The van der Waals surface area contributed by atoms with Gasteiger partial charge < -0.3 is 15.9 Å². The molecule has 0 amide bonds. The standard InChI is InChI=1S/C8H12N2O3/c9-4-5-1-8(13,2-5)3-6(10)7(11)12/h5-6,13H,1-3,10H2,(H,11,12)/t5?,6-,8?/m1/s1. The van der Waals surface area contributed by atoms with Gasteiger partial charge in [-0.15, -0.1) is 0 Å². The number of rotatable bonds is 3. The second kappa shape index (κ2) is 3.32. The molecular formula is C8H12N2O3. The first-order valence-electron chi connectivity index (χ1n) is 4.07. The molecule has 1 saturated carbocycles. The number of aliphatic carboxylic acids is 1. The molecule has 1 aliphatic rings. The monoisotopic (exact) mass is 184 g/mol. The van der Waals surface area contributed by atoms with Crippen molar-refractivity contribution in [3.63, 3.8) is 0 Å². The van der Waals surface area contributed by atoms with Crippen molar-refractivity contribution >= 4 is 5.97 Å². The Labute approximate surface area is 75.8 Å². The first kappa shape index (κ1) is 9.96. The van der Waals surface area contributed by atoms with Crippen molar-refractivity contribution in [3.05, 3.63) is 0 Å². The molecule has 13 heavy (non-hydrogen) atoms. The van der Waals surface area contributed by atoms with Gasteiger partial charge in [0.15, 0.2) is 0 Å². The van der Waals surface area contributed by atoms with Gasteiger partial charge in [0.1, 0.15) is 6.04 Å². The molecule has 0 aromatic heterocycles. The molecule has 0 heterocycles. The van der Waals surface area contributed by atoms with Gasteiger partial charge in [-0.2, -0.15) is 5.26 Å². The van der Waals surface area contributed by atoms with E-state index < -0.39 is 17.6 Å². The SMILES string of the molecule is N#CC1CC(O)(C[C@@H](N)C(=O)O)C1. The summed E-state index contributed by atoms with van der Waals surface area (Å²) in [5, 5.41) is 26.6. The Kier molecular flexibility index (Phi) is 2.55. The Morgan fingerprint density at radius 3 is 2.69 bits per heavy atom. The lowest BCUT2D eigenvalue weighted by Gasteiger charge is -2.41. The maximum atomic E-state index is 10.4. The summed E-state index contributed by atoms with van der Waals surface area (Å²) < 4.78 is 0. The van der Waals surface area contributed by atoms with Crippen LogP contribution in [-0.2, 0) is 4.79 Å². The molecule has 1 aliphatic carbocycles. The Hall–Kier alpha value is -1.12. The van der Waals surface area contributed by atoms with E-state index in [0.29, 0.717) is 12.8 Å². The zero-order valence-electron chi connectivity index (χ0n) is 7.10. The molecule has 0 aromatic rings. The van der Waals surface area contributed by atoms with Gasteiger partial charge in [0.2, 0.25) is 0 Å². The zero-order valence-corrected chi connectivity index (χ0v) is 7.10. The van der Waals surface area contributed by atoms with Crippen LogP contribution in [-0.4, -0.2) is 27.8 Å². The maximum absolute atomic E-state index is 10.4. The van der Waals surface area contributed by atoms with Crippen LogP contribution >= 0.6 is 0 Å². The predicted octanol–water partition coefficient (Wildman–Crippen LogP) is -0.547. The summed E-state index contributed by atoms with van der Waals surface area (Å²) >= 11 is 0. The van der Waals surface area contributed by atoms with Crippen LogP contribution < -0.4 is 5.73 Å². The van der Waals surface area contributed by atoms with Crippen LogP contribution in [0.3, 0.4) is 0 Å². The molecule has 0 saturated heterocycles. The van der Waals surface area contributed by atoms with Crippen molar-refractivity contribution in [1.82, 2.24) is 0 Å². The maximum Gasteiger partial charge on any atom is 0.320 e. The summed E-state index contributed by atoms with van der Waals surface area (Å²) in [7, 11) is 0. The molecule has 0 radical (unpaired) electrons. The van der Waals surface area contributed by atoms with Gasteiger partial charge in [0.25, 0.3) is 0 Å². The quantitative estimate of drug-likeness (QED) is 0.545. The number of carboxylic acid groups (broad SMARTS) is 1. The fourth-order valence-corrected chi connectivity index (χ4v) is 1.61. The van der Waals surface area contributed by atoms with Gasteiger partial charge in [0, 0.05) is 6.42 Å². The number of hydrogen-bond donors (Lipinski definition) is 3. The van der Waals surface area contributed by atoms with Crippen LogP contribution in [0.4, 0.5) is 0 Å². The summed E-state index contributed by atoms with van der Waals surface area (Å²) in [4.78, 5) is 10.4. The van der Waals surface area contributed by atoms with Crippen LogP contribution in [0.5, 0.6) is 0 Å². The van der Waals surface area contributed by atoms with Gasteiger partial charge in [-0.05, 0) is 12.8 Å². The Morgan fingerprint density at radius 2 is 2.31 bits per heavy atom. The molecule has 1 atom stereocenters. The highest BCUT2D eigenvalue weighted by atomic mass is 16.4. The average Bonchev–Trinajstić information content (AvgIpc) is 1.99. The highest BCUT2D eigenvalue weighted by Gasteiger charge is 2.44. The fraction of sp³-hybridized carbons (Fsp3) is 0.750. The third-order valence-corrected chi connectivity index (χ3v) is 2.35. The van der Waals surface area contributed by atoms with E-state index in [2.05, 4.69) is 0 Å². The third kappa shape index (κ3) is 2.17. The third-order valence-electron chi connectivity index (χ3n) is 2.35. The van der Waals surface area contributed by atoms with Crippen molar-refractivity contribution in [2.75, 3.05) is 0 Å². The minimum Gasteiger partial charge on any atom is -0.480 e. The minimum atomic E-state index is -1.12. The lowest BCUT2D eigenvalue weighted by Crippen LogP contribution is -2.49. The number of aliphatic hydroxyl groups is 1. The van der Waals surface area contributed by atoms with Crippen LogP contribution in [0.25, 0.3) is 0 Å². The smallest absolute Gasteiger partial charge is 0.320 e. The fourth-order valence-electron chi connectivity index (χ4n) is 1.61. The molecule has 0 spiro atoms. The lowest BCUT2D eigenvalue weighted by atomic mass is 9.69. The number of hydrogen-bond acceptors (Lipinski definition) is 4. The van der Waals surface area contributed by atoms with Crippen LogP contribution in [0, 0.1) is 17.2 Å². The Morgan fingerprint density at radius 1 is 1.77 bits per heavy atom. The van der Waals surface area contributed by atoms with E-state index in [4.69, 9.17) is 16.1 Å². The van der Waals surface area contributed by atoms with E-state index in [1.807, 2.05) is 6.07 Å². The van der Waals surface area contributed by atoms with Crippen molar-refractivity contribution in [2.45, 2.75) is 30.9 Å². The van der Waals surface area contributed by atoms with Gasteiger partial charge in [-0.3, -0.25) is 4.79 Å². The average molecular weight is 184 g/mol.